The van der Waals surface area contributed by atoms with Crippen LogP contribution in [-0.4, -0.2) is 60.1 Å². The summed E-state index contributed by atoms with van der Waals surface area (Å²) in [4.78, 5) is 5.56. The van der Waals surface area contributed by atoms with Crippen molar-refractivity contribution >= 4 is 0 Å². The van der Waals surface area contributed by atoms with Crippen LogP contribution in [0, 0.1) is 0 Å². The number of nitrogens with zero attached hydrogens (tertiary/aromatic N) is 2. The Morgan fingerprint density at radius 3 is 2.47 bits per heavy atom. The molecule has 15 heavy (non-hydrogen) atoms. The van der Waals surface area contributed by atoms with Crippen LogP contribution in [0.3, 0.4) is 0 Å². The lowest BCUT2D eigenvalue weighted by Crippen LogP contribution is -2.67. The van der Waals surface area contributed by atoms with Crippen molar-refractivity contribution in [3.63, 3.8) is 0 Å². The standard InChI is InChI=1S/C12H21N3/c1-2-11-7-13-10(1)8-15(11)12-3-5-14(9-12)6-4-12/h10-11,13H,1-9H2. The molecule has 0 spiro atoms. The van der Waals surface area contributed by atoms with E-state index in [0.717, 1.165) is 12.1 Å². The predicted molar refractivity (Wildman–Crippen MR) is 59.9 cm³/mol. The van der Waals surface area contributed by atoms with Gasteiger partial charge in [0.1, 0.15) is 0 Å². The van der Waals surface area contributed by atoms with Crippen molar-refractivity contribution < 1.29 is 0 Å². The maximum absolute atomic E-state index is 3.67. The van der Waals surface area contributed by atoms with Crippen molar-refractivity contribution in [2.75, 3.05) is 32.7 Å². The van der Waals surface area contributed by atoms with Gasteiger partial charge in [0.25, 0.3) is 0 Å². The Morgan fingerprint density at radius 2 is 2.00 bits per heavy atom. The lowest BCUT2D eigenvalue weighted by Gasteiger charge is -2.53. The Hall–Kier alpha value is -0.120. The minimum absolute atomic E-state index is 0.603. The molecular weight excluding hydrogens is 186 g/mol. The number of hydrogen-bond donors (Lipinski definition) is 1. The minimum Gasteiger partial charge on any atom is -0.311 e. The quantitative estimate of drug-likeness (QED) is 0.666. The van der Waals surface area contributed by atoms with Gasteiger partial charge < -0.3 is 10.2 Å². The molecule has 5 saturated heterocycles. The zero-order valence-electron chi connectivity index (χ0n) is 9.41. The Labute approximate surface area is 91.8 Å². The topological polar surface area (TPSA) is 18.5 Å². The van der Waals surface area contributed by atoms with E-state index in [-0.39, 0.29) is 0 Å². The molecule has 1 N–H and O–H groups in total. The molecule has 5 aliphatic rings. The zero-order chi connectivity index (χ0) is 9.88. The molecule has 0 aromatic carbocycles. The highest BCUT2D eigenvalue weighted by Gasteiger charge is 2.52. The van der Waals surface area contributed by atoms with Gasteiger partial charge in [-0.3, -0.25) is 4.90 Å². The van der Waals surface area contributed by atoms with E-state index < -0.39 is 0 Å². The lowest BCUT2D eigenvalue weighted by atomic mass is 9.84. The van der Waals surface area contributed by atoms with Crippen LogP contribution < -0.4 is 5.32 Å². The van der Waals surface area contributed by atoms with Crippen molar-refractivity contribution in [1.29, 1.82) is 0 Å². The molecule has 5 rings (SSSR count). The summed E-state index contributed by atoms with van der Waals surface area (Å²) in [7, 11) is 0. The molecule has 2 unspecified atom stereocenters. The second kappa shape index (κ2) is 2.96. The molecular formula is C12H21N3. The van der Waals surface area contributed by atoms with Crippen molar-refractivity contribution in [2.45, 2.75) is 43.3 Å². The molecule has 3 nitrogen and oxygen atoms in total. The van der Waals surface area contributed by atoms with E-state index in [1.807, 2.05) is 0 Å². The second-order valence-electron chi connectivity index (χ2n) is 5.99. The average molecular weight is 207 g/mol. The third kappa shape index (κ3) is 1.17. The van der Waals surface area contributed by atoms with Crippen LogP contribution in [0.5, 0.6) is 0 Å². The summed E-state index contributed by atoms with van der Waals surface area (Å²) in [5.74, 6) is 0. The lowest BCUT2D eigenvalue weighted by molar-refractivity contribution is -0.0104. The summed E-state index contributed by atoms with van der Waals surface area (Å²) < 4.78 is 0. The highest BCUT2D eigenvalue weighted by Crippen LogP contribution is 2.41. The fraction of sp³-hybridized carbons (Fsp3) is 1.00. The van der Waals surface area contributed by atoms with Gasteiger partial charge in [0.05, 0.1) is 0 Å². The van der Waals surface area contributed by atoms with Gasteiger partial charge in [-0.2, -0.15) is 0 Å². The molecule has 5 heterocycles. The Balaban J connectivity index is 1.62. The van der Waals surface area contributed by atoms with E-state index in [4.69, 9.17) is 0 Å². The molecule has 4 bridgehead atoms. The molecule has 2 atom stereocenters. The number of hydrogen-bond acceptors (Lipinski definition) is 3. The summed E-state index contributed by atoms with van der Waals surface area (Å²) in [6.45, 7) is 6.68. The third-order valence-electron chi connectivity index (χ3n) is 5.26. The molecule has 0 radical (unpaired) electrons. The summed E-state index contributed by atoms with van der Waals surface area (Å²) in [6, 6.07) is 1.66. The second-order valence-corrected chi connectivity index (χ2v) is 5.99. The number of nitrogens with one attached hydrogen (secondary N) is 1. The van der Waals surface area contributed by atoms with Crippen LogP contribution in [0.1, 0.15) is 25.7 Å². The highest BCUT2D eigenvalue weighted by atomic mass is 15.4. The fourth-order valence-corrected chi connectivity index (χ4v) is 4.37. The van der Waals surface area contributed by atoms with Gasteiger partial charge in [0.2, 0.25) is 0 Å². The maximum Gasteiger partial charge on any atom is 0.0364 e. The van der Waals surface area contributed by atoms with Crippen molar-refractivity contribution in [3.05, 3.63) is 0 Å². The largest absolute Gasteiger partial charge is 0.311 e. The third-order valence-corrected chi connectivity index (χ3v) is 5.26. The van der Waals surface area contributed by atoms with Crippen LogP contribution >= 0.6 is 0 Å². The molecule has 0 amide bonds. The van der Waals surface area contributed by atoms with Crippen molar-refractivity contribution in [2.24, 2.45) is 0 Å². The smallest absolute Gasteiger partial charge is 0.0364 e. The number of rotatable bonds is 1. The maximum atomic E-state index is 3.67. The van der Waals surface area contributed by atoms with Gasteiger partial charge in [-0.25, -0.2) is 0 Å². The van der Waals surface area contributed by atoms with E-state index in [9.17, 15) is 0 Å². The first-order valence-corrected chi connectivity index (χ1v) is 6.58. The molecule has 0 aromatic rings. The minimum atomic E-state index is 0.603. The predicted octanol–water partition coefficient (Wildman–Crippen LogP) is 0.271. The van der Waals surface area contributed by atoms with Crippen LogP contribution in [0.25, 0.3) is 0 Å². The molecule has 84 valence electrons. The van der Waals surface area contributed by atoms with Crippen LogP contribution in [-0.2, 0) is 0 Å². The van der Waals surface area contributed by atoms with E-state index in [1.165, 1.54) is 58.4 Å². The van der Waals surface area contributed by atoms with E-state index in [1.54, 1.807) is 0 Å². The summed E-state index contributed by atoms with van der Waals surface area (Å²) in [5.41, 5.74) is 0.603. The molecule has 3 heteroatoms. The van der Waals surface area contributed by atoms with Gasteiger partial charge in [-0.05, 0) is 25.7 Å². The van der Waals surface area contributed by atoms with Crippen LogP contribution in [0.15, 0.2) is 0 Å². The van der Waals surface area contributed by atoms with Gasteiger partial charge >= 0.3 is 0 Å². The average Bonchev–Trinajstić information content (AvgIpc) is 2.92. The number of piperazine rings is 1. The number of fused-ring (bicyclic) bond motifs is 6. The Morgan fingerprint density at radius 1 is 1.13 bits per heavy atom. The normalized spacial score (nSPS) is 54.0. The molecule has 0 aliphatic carbocycles. The summed E-state index contributed by atoms with van der Waals surface area (Å²) in [5, 5.41) is 3.67. The number of piperidine rings is 3. The Kier molecular flexibility index (Phi) is 1.77. The van der Waals surface area contributed by atoms with Gasteiger partial charge in [0, 0.05) is 50.3 Å². The molecule has 0 aromatic heterocycles. The van der Waals surface area contributed by atoms with E-state index in [0.29, 0.717) is 5.54 Å². The van der Waals surface area contributed by atoms with Gasteiger partial charge in [0.15, 0.2) is 0 Å². The fourth-order valence-electron chi connectivity index (χ4n) is 4.37. The monoisotopic (exact) mass is 207 g/mol. The first kappa shape index (κ1) is 8.97. The molecule has 5 aliphatic heterocycles. The van der Waals surface area contributed by atoms with Gasteiger partial charge in [-0.15, -0.1) is 0 Å². The highest BCUT2D eigenvalue weighted by molar-refractivity contribution is 5.09. The SMILES string of the molecule is C1CC2CNC1CN2C12CCN(CC1)C2. The van der Waals surface area contributed by atoms with E-state index >= 15 is 0 Å². The summed E-state index contributed by atoms with van der Waals surface area (Å²) in [6.07, 6.45) is 5.74. The van der Waals surface area contributed by atoms with Crippen LogP contribution in [0.2, 0.25) is 0 Å². The molecule has 0 saturated carbocycles. The molecule has 5 fully saturated rings. The van der Waals surface area contributed by atoms with Crippen LogP contribution in [0.4, 0.5) is 0 Å². The van der Waals surface area contributed by atoms with E-state index in [2.05, 4.69) is 15.1 Å². The first-order valence-electron chi connectivity index (χ1n) is 6.58. The Bertz CT molecular complexity index is 262. The van der Waals surface area contributed by atoms with Gasteiger partial charge in [-0.1, -0.05) is 0 Å². The summed E-state index contributed by atoms with van der Waals surface area (Å²) >= 11 is 0. The van der Waals surface area contributed by atoms with Crippen molar-refractivity contribution in [1.82, 2.24) is 15.1 Å². The first-order chi connectivity index (χ1) is 7.36. The van der Waals surface area contributed by atoms with Crippen molar-refractivity contribution in [3.8, 4) is 0 Å². The zero-order valence-corrected chi connectivity index (χ0v) is 9.41.